The molecule has 5 heteroatoms. The third-order valence-corrected chi connectivity index (χ3v) is 6.30. The van der Waals surface area contributed by atoms with Crippen molar-refractivity contribution in [1.29, 1.82) is 0 Å². The Bertz CT molecular complexity index is 1390. The van der Waals surface area contributed by atoms with Gasteiger partial charge in [0.25, 0.3) is 0 Å². The first-order chi connectivity index (χ1) is 18.7. The van der Waals surface area contributed by atoms with Gasteiger partial charge in [-0.3, -0.25) is 4.98 Å². The number of halogens is 1. The SMILES string of the molecule is C=CN/C(=C\C=C(/Cc1cncc(C(=C)c2ccc(F)cc2)c1)NC(=C)C(C)C)c1ccc(C(=C)NC)cc1. The Morgan fingerprint density at radius 1 is 0.897 bits per heavy atom. The smallest absolute Gasteiger partial charge is 0.123 e. The van der Waals surface area contributed by atoms with Crippen LogP contribution in [0.4, 0.5) is 4.39 Å². The summed E-state index contributed by atoms with van der Waals surface area (Å²) < 4.78 is 13.4. The lowest BCUT2D eigenvalue weighted by Gasteiger charge is -2.17. The summed E-state index contributed by atoms with van der Waals surface area (Å²) in [6.07, 6.45) is 9.94. The fraction of sp³-hybridized carbons (Fsp3) is 0.147. The molecule has 0 aliphatic carbocycles. The van der Waals surface area contributed by atoms with E-state index in [9.17, 15) is 4.39 Å². The lowest BCUT2D eigenvalue weighted by Crippen LogP contribution is -2.18. The second-order valence-corrected chi connectivity index (χ2v) is 9.48. The molecule has 0 unspecified atom stereocenters. The fourth-order valence-electron chi connectivity index (χ4n) is 3.80. The van der Waals surface area contributed by atoms with Gasteiger partial charge in [-0.1, -0.05) is 76.6 Å². The van der Waals surface area contributed by atoms with Crippen molar-refractivity contribution in [3.8, 4) is 0 Å². The van der Waals surface area contributed by atoms with Crippen LogP contribution in [0.15, 0.2) is 123 Å². The molecule has 3 rings (SSSR count). The summed E-state index contributed by atoms with van der Waals surface area (Å²) in [5.74, 6) is -0.0129. The monoisotopic (exact) mass is 520 g/mol. The summed E-state index contributed by atoms with van der Waals surface area (Å²) in [6.45, 7) is 20.5. The molecule has 0 amide bonds. The van der Waals surface area contributed by atoms with Crippen LogP contribution in [-0.2, 0) is 6.42 Å². The summed E-state index contributed by atoms with van der Waals surface area (Å²) in [6, 6.07) is 16.5. The van der Waals surface area contributed by atoms with E-state index in [4.69, 9.17) is 0 Å². The third kappa shape index (κ3) is 8.17. The zero-order valence-electron chi connectivity index (χ0n) is 23.0. The van der Waals surface area contributed by atoms with Crippen LogP contribution in [0.2, 0.25) is 0 Å². The number of nitrogens with one attached hydrogen (secondary N) is 3. The van der Waals surface area contributed by atoms with Crippen LogP contribution in [0.25, 0.3) is 17.0 Å². The third-order valence-electron chi connectivity index (χ3n) is 6.30. The van der Waals surface area contributed by atoms with Gasteiger partial charge in [0.2, 0.25) is 0 Å². The van der Waals surface area contributed by atoms with Crippen LogP contribution in [0.3, 0.4) is 0 Å². The molecule has 3 aromatic rings. The molecule has 0 aliphatic rings. The van der Waals surface area contributed by atoms with E-state index in [1.807, 2.05) is 49.7 Å². The average Bonchev–Trinajstić information content (AvgIpc) is 2.94. The maximum atomic E-state index is 13.4. The molecule has 0 saturated heterocycles. The Morgan fingerprint density at radius 2 is 1.54 bits per heavy atom. The van der Waals surface area contributed by atoms with E-state index in [1.165, 1.54) is 12.1 Å². The Balaban J connectivity index is 1.92. The number of pyridine rings is 1. The zero-order valence-corrected chi connectivity index (χ0v) is 23.0. The van der Waals surface area contributed by atoms with E-state index in [1.54, 1.807) is 24.5 Å². The van der Waals surface area contributed by atoms with Gasteiger partial charge in [-0.05, 0) is 70.3 Å². The van der Waals surface area contributed by atoms with E-state index in [2.05, 4.69) is 67.2 Å². The predicted octanol–water partition coefficient (Wildman–Crippen LogP) is 7.43. The summed E-state index contributed by atoms with van der Waals surface area (Å²) >= 11 is 0. The molecule has 1 heterocycles. The van der Waals surface area contributed by atoms with E-state index < -0.39 is 0 Å². The molecular formula is C34H37FN4. The number of rotatable bonds is 13. The van der Waals surface area contributed by atoms with Gasteiger partial charge in [0, 0.05) is 54.2 Å². The van der Waals surface area contributed by atoms with Gasteiger partial charge in [0.1, 0.15) is 5.82 Å². The van der Waals surface area contributed by atoms with E-state index in [0.717, 1.165) is 56.2 Å². The Labute approximate surface area is 232 Å². The van der Waals surface area contributed by atoms with Gasteiger partial charge in [-0.15, -0.1) is 0 Å². The molecule has 0 spiro atoms. The van der Waals surface area contributed by atoms with Crippen molar-refractivity contribution < 1.29 is 4.39 Å². The highest BCUT2D eigenvalue weighted by Gasteiger charge is 2.09. The highest BCUT2D eigenvalue weighted by atomic mass is 19.1. The molecule has 200 valence electrons. The summed E-state index contributed by atoms with van der Waals surface area (Å²) in [5, 5.41) is 9.81. The van der Waals surface area contributed by atoms with Gasteiger partial charge in [-0.2, -0.15) is 0 Å². The standard InChI is InChI=1S/C34H37FN4/c1-8-38-34(30-11-9-29(10-12-30)26(6)36-7)18-17-33(39-25(5)23(2)3)20-27-19-31(22-37-21-27)24(4)28-13-15-32(35)16-14-28/h8-19,21-23,36,38-39H,1,4-6,20H2,2-3,7H3/b33-17+,34-18-. The number of allylic oxidation sites excluding steroid dienone is 4. The Kier molecular flexibility index (Phi) is 10.2. The number of hydrogen-bond acceptors (Lipinski definition) is 4. The number of hydrogen-bond donors (Lipinski definition) is 3. The fourth-order valence-corrected chi connectivity index (χ4v) is 3.80. The summed E-state index contributed by atoms with van der Waals surface area (Å²) in [5.41, 5.74) is 9.21. The second-order valence-electron chi connectivity index (χ2n) is 9.48. The quantitative estimate of drug-likeness (QED) is 0.205. The number of benzene rings is 2. The van der Waals surface area contributed by atoms with E-state index >= 15 is 0 Å². The lowest BCUT2D eigenvalue weighted by atomic mass is 9.99. The highest BCUT2D eigenvalue weighted by Crippen LogP contribution is 2.23. The van der Waals surface area contributed by atoms with Crippen molar-refractivity contribution in [2.75, 3.05) is 7.05 Å². The van der Waals surface area contributed by atoms with Crippen LogP contribution < -0.4 is 16.0 Å². The van der Waals surface area contributed by atoms with Gasteiger partial charge in [0.05, 0.1) is 0 Å². The highest BCUT2D eigenvalue weighted by molar-refractivity contribution is 5.77. The number of aromatic nitrogens is 1. The van der Waals surface area contributed by atoms with Crippen molar-refractivity contribution in [2.24, 2.45) is 5.92 Å². The van der Waals surface area contributed by atoms with Crippen LogP contribution >= 0.6 is 0 Å². The van der Waals surface area contributed by atoms with Crippen LogP contribution in [0.5, 0.6) is 0 Å². The largest absolute Gasteiger partial charge is 0.388 e. The Morgan fingerprint density at radius 3 is 2.15 bits per heavy atom. The molecule has 0 bridgehead atoms. The van der Waals surface area contributed by atoms with Gasteiger partial charge < -0.3 is 16.0 Å². The molecule has 39 heavy (non-hydrogen) atoms. The van der Waals surface area contributed by atoms with Crippen LogP contribution in [0.1, 0.15) is 41.7 Å². The average molecular weight is 521 g/mol. The first kappa shape index (κ1) is 28.9. The second kappa shape index (κ2) is 13.8. The molecule has 0 saturated carbocycles. The zero-order chi connectivity index (χ0) is 28.4. The summed E-state index contributed by atoms with van der Waals surface area (Å²) in [7, 11) is 1.86. The molecule has 0 aliphatic heterocycles. The minimum Gasteiger partial charge on any atom is -0.388 e. The molecule has 0 atom stereocenters. The maximum Gasteiger partial charge on any atom is 0.123 e. The summed E-state index contributed by atoms with van der Waals surface area (Å²) in [4.78, 5) is 4.45. The first-order valence-corrected chi connectivity index (χ1v) is 12.8. The van der Waals surface area contributed by atoms with Crippen LogP contribution in [-0.4, -0.2) is 12.0 Å². The van der Waals surface area contributed by atoms with Crippen LogP contribution in [0, 0.1) is 11.7 Å². The van der Waals surface area contributed by atoms with E-state index in [-0.39, 0.29) is 11.7 Å². The molecule has 0 fully saturated rings. The first-order valence-electron chi connectivity index (χ1n) is 12.8. The molecule has 0 radical (unpaired) electrons. The van der Waals surface area contributed by atoms with Gasteiger partial charge in [0.15, 0.2) is 0 Å². The van der Waals surface area contributed by atoms with Crippen molar-refractivity contribution in [3.05, 3.63) is 157 Å². The molecule has 4 nitrogen and oxygen atoms in total. The predicted molar refractivity (Wildman–Crippen MR) is 164 cm³/mol. The maximum absolute atomic E-state index is 13.4. The minimum atomic E-state index is -0.276. The Hall–Kier alpha value is -4.64. The lowest BCUT2D eigenvalue weighted by molar-refractivity contribution is 0.627. The van der Waals surface area contributed by atoms with E-state index in [0.29, 0.717) is 6.42 Å². The van der Waals surface area contributed by atoms with Crippen molar-refractivity contribution in [1.82, 2.24) is 20.9 Å². The van der Waals surface area contributed by atoms with Crippen molar-refractivity contribution in [3.63, 3.8) is 0 Å². The molecule has 1 aromatic heterocycles. The minimum absolute atomic E-state index is 0.263. The molecular weight excluding hydrogens is 483 g/mol. The topological polar surface area (TPSA) is 49.0 Å². The normalized spacial score (nSPS) is 11.6. The van der Waals surface area contributed by atoms with Crippen molar-refractivity contribution >= 4 is 17.0 Å². The molecule has 2 aromatic carbocycles. The van der Waals surface area contributed by atoms with Crippen molar-refractivity contribution in [2.45, 2.75) is 20.3 Å². The van der Waals surface area contributed by atoms with Gasteiger partial charge in [-0.25, -0.2) is 4.39 Å². The molecule has 3 N–H and O–H groups in total. The number of nitrogens with zero attached hydrogens (tertiary/aromatic N) is 1. The van der Waals surface area contributed by atoms with Gasteiger partial charge >= 0.3 is 0 Å².